The molecule has 3 heteroatoms. The number of carbonyl (C=O) groups is 1. The molecule has 5 rings (SSSR count). The molecule has 1 aliphatic heterocycles. The van der Waals surface area contributed by atoms with E-state index in [0.29, 0.717) is 5.91 Å². The van der Waals surface area contributed by atoms with Gasteiger partial charge in [0, 0.05) is 24.5 Å². The molecule has 1 atom stereocenters. The van der Waals surface area contributed by atoms with Crippen LogP contribution in [0, 0.1) is 23.2 Å². The normalized spacial score (nSPS) is 42.8. The molecule has 4 bridgehead atoms. The number of hydrogen-bond acceptors (Lipinski definition) is 2. The predicted molar refractivity (Wildman–Crippen MR) is 93.1 cm³/mol. The Morgan fingerprint density at radius 1 is 1.09 bits per heavy atom. The molecule has 1 heterocycles. The molecule has 0 aromatic heterocycles. The van der Waals surface area contributed by atoms with Gasteiger partial charge in [-0.15, -0.1) is 0 Å². The van der Waals surface area contributed by atoms with E-state index in [1.54, 1.807) is 0 Å². The van der Waals surface area contributed by atoms with E-state index in [1.807, 2.05) is 0 Å². The maximum absolute atomic E-state index is 12.9. The van der Waals surface area contributed by atoms with Gasteiger partial charge in [-0.25, -0.2) is 0 Å². The summed E-state index contributed by atoms with van der Waals surface area (Å²) in [5.41, 5.74) is 0.0349. The van der Waals surface area contributed by atoms with Crippen LogP contribution in [0.5, 0.6) is 0 Å². The number of rotatable bonds is 5. The number of amides is 1. The summed E-state index contributed by atoms with van der Waals surface area (Å²) in [5, 5.41) is 3.33. The van der Waals surface area contributed by atoms with Crippen molar-refractivity contribution in [2.75, 3.05) is 19.6 Å². The molecule has 4 aliphatic carbocycles. The molecule has 1 unspecified atom stereocenters. The van der Waals surface area contributed by atoms with Crippen LogP contribution in [0.25, 0.3) is 0 Å². The van der Waals surface area contributed by atoms with E-state index in [1.165, 1.54) is 64.3 Å². The predicted octanol–water partition coefficient (Wildman–Crippen LogP) is 3.58. The summed E-state index contributed by atoms with van der Waals surface area (Å²) in [6, 6.07) is 0.739. The van der Waals surface area contributed by atoms with Crippen LogP contribution in [0.15, 0.2) is 0 Å². The molecule has 130 valence electrons. The highest BCUT2D eigenvalue weighted by molar-refractivity contribution is 5.83. The minimum Gasteiger partial charge on any atom is -0.356 e. The number of nitrogens with zero attached hydrogens (tertiary/aromatic N) is 1. The smallest absolute Gasteiger partial charge is 0.226 e. The summed E-state index contributed by atoms with van der Waals surface area (Å²) in [4.78, 5) is 15.5. The average molecular weight is 319 g/mol. The number of nitrogens with one attached hydrogen (secondary N) is 1. The number of likely N-dealkylation sites (tertiary alicyclic amines) is 1. The lowest BCUT2D eigenvalue weighted by molar-refractivity contribution is -0.146. The van der Waals surface area contributed by atoms with E-state index in [4.69, 9.17) is 0 Å². The van der Waals surface area contributed by atoms with Crippen molar-refractivity contribution in [2.24, 2.45) is 23.2 Å². The standard InChI is InChI=1S/C20H34N2O/c1-15-5-2-3-7-22(15)8-4-6-21-19(23)20-12-16-9-17(13-20)11-18(10-16)14-20/h15-18H,2-14H2,1H3,(H,21,23). The molecule has 1 N–H and O–H groups in total. The molecule has 5 fully saturated rings. The first-order valence-corrected chi connectivity index (χ1v) is 10.2. The van der Waals surface area contributed by atoms with E-state index in [9.17, 15) is 4.79 Å². The summed E-state index contributed by atoms with van der Waals surface area (Å²) in [6.07, 6.45) is 13.0. The van der Waals surface area contributed by atoms with Crippen molar-refractivity contribution in [3.63, 3.8) is 0 Å². The minimum atomic E-state index is 0.0349. The Bertz CT molecular complexity index is 412. The number of carbonyl (C=O) groups excluding carboxylic acids is 1. The monoisotopic (exact) mass is 318 g/mol. The second-order valence-electron chi connectivity index (χ2n) is 9.19. The first kappa shape index (κ1) is 15.9. The van der Waals surface area contributed by atoms with Crippen LogP contribution in [0.1, 0.15) is 71.1 Å². The van der Waals surface area contributed by atoms with Gasteiger partial charge in [0.25, 0.3) is 0 Å². The van der Waals surface area contributed by atoms with Crippen molar-refractivity contribution in [3.8, 4) is 0 Å². The topological polar surface area (TPSA) is 32.3 Å². The Balaban J connectivity index is 1.24. The molecule has 5 aliphatic rings. The lowest BCUT2D eigenvalue weighted by Crippen LogP contribution is -2.53. The summed E-state index contributed by atoms with van der Waals surface area (Å²) < 4.78 is 0. The Morgan fingerprint density at radius 3 is 2.35 bits per heavy atom. The maximum Gasteiger partial charge on any atom is 0.226 e. The van der Waals surface area contributed by atoms with Gasteiger partial charge in [-0.2, -0.15) is 0 Å². The Labute approximate surface area is 141 Å². The lowest BCUT2D eigenvalue weighted by Gasteiger charge is -2.55. The Hall–Kier alpha value is -0.570. The first-order chi connectivity index (χ1) is 11.1. The number of piperidine rings is 1. The van der Waals surface area contributed by atoms with Crippen molar-refractivity contribution in [1.82, 2.24) is 10.2 Å². The van der Waals surface area contributed by atoms with Crippen molar-refractivity contribution < 1.29 is 4.79 Å². The van der Waals surface area contributed by atoms with E-state index in [2.05, 4.69) is 17.1 Å². The van der Waals surface area contributed by atoms with Gasteiger partial charge in [0.15, 0.2) is 0 Å². The Morgan fingerprint density at radius 2 is 1.74 bits per heavy atom. The average Bonchev–Trinajstić information content (AvgIpc) is 2.51. The van der Waals surface area contributed by atoms with Crippen molar-refractivity contribution in [1.29, 1.82) is 0 Å². The fraction of sp³-hybridized carbons (Fsp3) is 0.950. The molecule has 0 aromatic carbocycles. The van der Waals surface area contributed by atoms with Crippen LogP contribution in [0.4, 0.5) is 0 Å². The quantitative estimate of drug-likeness (QED) is 0.786. The molecular weight excluding hydrogens is 284 g/mol. The summed E-state index contributed by atoms with van der Waals surface area (Å²) in [7, 11) is 0. The third-order valence-electron chi connectivity index (χ3n) is 7.37. The molecular formula is C20H34N2O. The molecule has 1 amide bonds. The van der Waals surface area contributed by atoms with Gasteiger partial charge < -0.3 is 10.2 Å². The minimum absolute atomic E-state index is 0.0349. The fourth-order valence-electron chi connectivity index (χ4n) is 6.55. The second kappa shape index (κ2) is 6.38. The van der Waals surface area contributed by atoms with Crippen LogP contribution >= 0.6 is 0 Å². The molecule has 4 saturated carbocycles. The van der Waals surface area contributed by atoms with E-state index in [0.717, 1.165) is 43.3 Å². The molecule has 1 saturated heterocycles. The maximum atomic E-state index is 12.9. The van der Waals surface area contributed by atoms with Crippen LogP contribution in [0.2, 0.25) is 0 Å². The third-order valence-corrected chi connectivity index (χ3v) is 7.37. The second-order valence-corrected chi connectivity index (χ2v) is 9.19. The van der Waals surface area contributed by atoms with Gasteiger partial charge in [0.1, 0.15) is 0 Å². The van der Waals surface area contributed by atoms with Crippen LogP contribution in [0.3, 0.4) is 0 Å². The van der Waals surface area contributed by atoms with Gasteiger partial charge in [0.2, 0.25) is 5.91 Å². The van der Waals surface area contributed by atoms with Crippen LogP contribution < -0.4 is 5.32 Å². The molecule has 23 heavy (non-hydrogen) atoms. The largest absolute Gasteiger partial charge is 0.356 e. The fourth-order valence-corrected chi connectivity index (χ4v) is 6.55. The molecule has 0 spiro atoms. The number of hydrogen-bond donors (Lipinski definition) is 1. The van der Waals surface area contributed by atoms with E-state index in [-0.39, 0.29) is 5.41 Å². The lowest BCUT2D eigenvalue weighted by atomic mass is 9.49. The molecule has 0 aromatic rings. The summed E-state index contributed by atoms with van der Waals surface area (Å²) >= 11 is 0. The van der Waals surface area contributed by atoms with Gasteiger partial charge >= 0.3 is 0 Å². The summed E-state index contributed by atoms with van der Waals surface area (Å²) in [6.45, 7) is 5.64. The first-order valence-electron chi connectivity index (χ1n) is 10.2. The highest BCUT2D eigenvalue weighted by atomic mass is 16.2. The van der Waals surface area contributed by atoms with E-state index >= 15 is 0 Å². The third kappa shape index (κ3) is 3.18. The van der Waals surface area contributed by atoms with Crippen LogP contribution in [-0.2, 0) is 4.79 Å². The molecule has 0 radical (unpaired) electrons. The zero-order chi connectivity index (χ0) is 15.9. The van der Waals surface area contributed by atoms with Crippen molar-refractivity contribution in [2.45, 2.75) is 77.2 Å². The van der Waals surface area contributed by atoms with Crippen LogP contribution in [-0.4, -0.2) is 36.5 Å². The highest BCUT2D eigenvalue weighted by Gasteiger charge is 2.54. The zero-order valence-corrected chi connectivity index (χ0v) is 14.9. The van der Waals surface area contributed by atoms with Crippen molar-refractivity contribution in [3.05, 3.63) is 0 Å². The zero-order valence-electron chi connectivity index (χ0n) is 14.9. The van der Waals surface area contributed by atoms with Gasteiger partial charge in [-0.3, -0.25) is 4.79 Å². The van der Waals surface area contributed by atoms with Crippen molar-refractivity contribution >= 4 is 5.91 Å². The van der Waals surface area contributed by atoms with Gasteiger partial charge in [0.05, 0.1) is 0 Å². The highest BCUT2D eigenvalue weighted by Crippen LogP contribution is 2.60. The summed E-state index contributed by atoms with van der Waals surface area (Å²) in [5.74, 6) is 2.99. The van der Waals surface area contributed by atoms with E-state index < -0.39 is 0 Å². The van der Waals surface area contributed by atoms with Gasteiger partial charge in [-0.05, 0) is 89.0 Å². The molecule has 3 nitrogen and oxygen atoms in total. The SMILES string of the molecule is CC1CCCCN1CCCNC(=O)C12CC3CC(CC(C3)C1)C2. The van der Waals surface area contributed by atoms with Gasteiger partial charge in [-0.1, -0.05) is 6.42 Å². The Kier molecular flexibility index (Phi) is 4.42.